The number of aryl methyl sites for hydroxylation is 1. The molecule has 0 saturated carbocycles. The van der Waals surface area contributed by atoms with Crippen LogP contribution in [0.3, 0.4) is 0 Å². The van der Waals surface area contributed by atoms with E-state index in [0.717, 1.165) is 16.6 Å². The Morgan fingerprint density at radius 3 is 2.50 bits per heavy atom. The molecular formula is C19H17NO4. The second kappa shape index (κ2) is 6.58. The van der Waals surface area contributed by atoms with Crippen LogP contribution in [0.2, 0.25) is 0 Å². The van der Waals surface area contributed by atoms with Crippen LogP contribution in [0.1, 0.15) is 21.6 Å². The Kier molecular flexibility index (Phi) is 4.33. The van der Waals surface area contributed by atoms with Gasteiger partial charge in [0.2, 0.25) is 0 Å². The summed E-state index contributed by atoms with van der Waals surface area (Å²) in [6.07, 6.45) is -0.478. The van der Waals surface area contributed by atoms with Gasteiger partial charge in [-0.1, -0.05) is 36.4 Å². The van der Waals surface area contributed by atoms with E-state index in [-0.39, 0.29) is 6.61 Å². The summed E-state index contributed by atoms with van der Waals surface area (Å²) < 4.78 is 11.6. The maximum Gasteiger partial charge on any atom is 0.419 e. The van der Waals surface area contributed by atoms with E-state index in [4.69, 9.17) is 9.47 Å². The normalized spacial score (nSPS) is 10.6. The van der Waals surface area contributed by atoms with Crippen molar-refractivity contribution in [2.45, 2.75) is 13.5 Å². The minimum absolute atomic E-state index is 0.190. The van der Waals surface area contributed by atoms with Crippen LogP contribution in [0.25, 0.3) is 10.9 Å². The van der Waals surface area contributed by atoms with Gasteiger partial charge in [0, 0.05) is 11.1 Å². The Bertz CT molecular complexity index is 896. The number of carbonyl (C=O) groups is 2. The quantitative estimate of drug-likeness (QED) is 0.686. The van der Waals surface area contributed by atoms with Gasteiger partial charge in [0.1, 0.15) is 6.61 Å². The predicted molar refractivity (Wildman–Crippen MR) is 90.0 cm³/mol. The number of benzene rings is 2. The van der Waals surface area contributed by atoms with Crippen molar-refractivity contribution in [2.24, 2.45) is 0 Å². The van der Waals surface area contributed by atoms with Crippen LogP contribution in [0, 0.1) is 6.92 Å². The average molecular weight is 323 g/mol. The molecule has 24 heavy (non-hydrogen) atoms. The van der Waals surface area contributed by atoms with Gasteiger partial charge >= 0.3 is 12.1 Å². The number of ether oxygens (including phenoxy) is 2. The van der Waals surface area contributed by atoms with E-state index in [1.807, 2.05) is 43.3 Å². The Morgan fingerprint density at radius 1 is 1.04 bits per heavy atom. The maximum atomic E-state index is 12.5. The molecule has 0 atom stereocenters. The van der Waals surface area contributed by atoms with Crippen molar-refractivity contribution in [3.63, 3.8) is 0 Å². The molecule has 122 valence electrons. The zero-order valence-corrected chi connectivity index (χ0v) is 13.5. The van der Waals surface area contributed by atoms with Crippen LogP contribution in [0.5, 0.6) is 0 Å². The van der Waals surface area contributed by atoms with Crippen molar-refractivity contribution >= 4 is 23.0 Å². The summed E-state index contributed by atoms with van der Waals surface area (Å²) in [4.78, 5) is 24.2. The molecule has 0 aliphatic carbocycles. The van der Waals surface area contributed by atoms with E-state index in [0.29, 0.717) is 11.1 Å². The molecule has 3 aromatic rings. The lowest BCUT2D eigenvalue weighted by Gasteiger charge is -2.09. The largest absolute Gasteiger partial charge is 0.465 e. The zero-order valence-electron chi connectivity index (χ0n) is 13.5. The highest BCUT2D eigenvalue weighted by Crippen LogP contribution is 2.22. The summed E-state index contributed by atoms with van der Waals surface area (Å²) in [6, 6.07) is 16.4. The molecule has 0 aliphatic rings. The first-order valence-electron chi connectivity index (χ1n) is 7.51. The smallest absolute Gasteiger partial charge is 0.419 e. The van der Waals surface area contributed by atoms with Crippen LogP contribution in [-0.2, 0) is 16.1 Å². The second-order valence-electron chi connectivity index (χ2n) is 5.43. The molecule has 1 aromatic heterocycles. The maximum absolute atomic E-state index is 12.5. The zero-order chi connectivity index (χ0) is 17.1. The summed E-state index contributed by atoms with van der Waals surface area (Å²) in [6.45, 7) is 2.01. The SMILES string of the molecule is COC(=O)c1ccc2cc(C)n(C(=O)OCc3ccccc3)c2c1. The van der Waals surface area contributed by atoms with Crippen LogP contribution in [-0.4, -0.2) is 23.7 Å². The fourth-order valence-electron chi connectivity index (χ4n) is 2.61. The molecular weight excluding hydrogens is 306 g/mol. The number of fused-ring (bicyclic) bond motifs is 1. The van der Waals surface area contributed by atoms with Crippen LogP contribution >= 0.6 is 0 Å². The molecule has 0 saturated heterocycles. The minimum Gasteiger partial charge on any atom is -0.465 e. The van der Waals surface area contributed by atoms with E-state index >= 15 is 0 Å². The summed E-state index contributed by atoms with van der Waals surface area (Å²) in [5.41, 5.74) is 2.66. The molecule has 0 bridgehead atoms. The molecule has 5 heteroatoms. The molecule has 0 unspecified atom stereocenters. The summed E-state index contributed by atoms with van der Waals surface area (Å²) in [5.74, 6) is -0.444. The summed E-state index contributed by atoms with van der Waals surface area (Å²) in [7, 11) is 1.32. The summed E-state index contributed by atoms with van der Waals surface area (Å²) >= 11 is 0. The highest BCUT2D eigenvalue weighted by Gasteiger charge is 2.16. The van der Waals surface area contributed by atoms with Crippen molar-refractivity contribution in [2.75, 3.05) is 7.11 Å². The number of hydrogen-bond donors (Lipinski definition) is 0. The molecule has 5 nitrogen and oxygen atoms in total. The average Bonchev–Trinajstić information content (AvgIpc) is 2.94. The lowest BCUT2D eigenvalue weighted by Crippen LogP contribution is -2.15. The second-order valence-corrected chi connectivity index (χ2v) is 5.43. The van der Waals surface area contributed by atoms with E-state index in [9.17, 15) is 9.59 Å². The number of aromatic nitrogens is 1. The number of rotatable bonds is 3. The van der Waals surface area contributed by atoms with Gasteiger partial charge in [-0.05, 0) is 30.7 Å². The Balaban J connectivity index is 1.91. The van der Waals surface area contributed by atoms with Crippen LogP contribution in [0.4, 0.5) is 4.79 Å². The molecule has 0 amide bonds. The number of esters is 1. The van der Waals surface area contributed by atoms with Crippen molar-refractivity contribution in [1.29, 1.82) is 0 Å². The Morgan fingerprint density at radius 2 is 1.79 bits per heavy atom. The van der Waals surface area contributed by atoms with Crippen molar-refractivity contribution in [3.05, 3.63) is 71.4 Å². The lowest BCUT2D eigenvalue weighted by atomic mass is 10.1. The predicted octanol–water partition coefficient (Wildman–Crippen LogP) is 3.92. The fraction of sp³-hybridized carbons (Fsp3) is 0.158. The van der Waals surface area contributed by atoms with E-state index in [1.165, 1.54) is 11.7 Å². The van der Waals surface area contributed by atoms with E-state index in [1.54, 1.807) is 18.2 Å². The lowest BCUT2D eigenvalue weighted by molar-refractivity contribution is 0.0600. The molecule has 0 radical (unpaired) electrons. The number of nitrogens with zero attached hydrogens (tertiary/aromatic N) is 1. The van der Waals surface area contributed by atoms with Gasteiger partial charge in [-0.15, -0.1) is 0 Å². The molecule has 0 N–H and O–H groups in total. The van der Waals surface area contributed by atoms with E-state index < -0.39 is 12.1 Å². The highest BCUT2D eigenvalue weighted by molar-refractivity contribution is 5.97. The van der Waals surface area contributed by atoms with Gasteiger partial charge in [0.15, 0.2) is 0 Å². The molecule has 2 aromatic carbocycles. The molecule has 0 fully saturated rings. The van der Waals surface area contributed by atoms with Crippen LogP contribution in [0.15, 0.2) is 54.6 Å². The topological polar surface area (TPSA) is 57.5 Å². The molecule has 3 rings (SSSR count). The number of methoxy groups -OCH3 is 1. The Labute approximate surface area is 139 Å². The third kappa shape index (κ3) is 3.01. The number of carbonyl (C=O) groups excluding carboxylic acids is 2. The molecule has 0 spiro atoms. The van der Waals surface area contributed by atoms with Crippen LogP contribution < -0.4 is 0 Å². The van der Waals surface area contributed by atoms with Gasteiger partial charge in [-0.2, -0.15) is 0 Å². The third-order valence-corrected chi connectivity index (χ3v) is 3.80. The van der Waals surface area contributed by atoms with Crippen molar-refractivity contribution < 1.29 is 19.1 Å². The summed E-state index contributed by atoms with van der Waals surface area (Å²) in [5, 5.41) is 0.858. The number of hydrogen-bond acceptors (Lipinski definition) is 4. The third-order valence-electron chi connectivity index (χ3n) is 3.80. The minimum atomic E-state index is -0.478. The van der Waals surface area contributed by atoms with E-state index in [2.05, 4.69) is 0 Å². The van der Waals surface area contributed by atoms with Gasteiger partial charge < -0.3 is 9.47 Å². The van der Waals surface area contributed by atoms with Gasteiger partial charge in [0.05, 0.1) is 18.2 Å². The first-order chi connectivity index (χ1) is 11.6. The standard InChI is InChI=1S/C19H17NO4/c1-13-10-15-8-9-16(18(21)23-2)11-17(15)20(13)19(22)24-12-14-6-4-3-5-7-14/h3-11H,12H2,1-2H3. The van der Waals surface area contributed by atoms with Crippen molar-refractivity contribution in [3.8, 4) is 0 Å². The monoisotopic (exact) mass is 323 g/mol. The van der Waals surface area contributed by atoms with Gasteiger partial charge in [-0.3, -0.25) is 0 Å². The Hall–Kier alpha value is -3.08. The van der Waals surface area contributed by atoms with Gasteiger partial charge in [0.25, 0.3) is 0 Å². The van der Waals surface area contributed by atoms with Crippen molar-refractivity contribution in [1.82, 2.24) is 4.57 Å². The van der Waals surface area contributed by atoms with Gasteiger partial charge in [-0.25, -0.2) is 14.2 Å². The first kappa shape index (κ1) is 15.8. The molecule has 1 heterocycles. The fourth-order valence-corrected chi connectivity index (χ4v) is 2.61. The highest BCUT2D eigenvalue weighted by atomic mass is 16.5. The first-order valence-corrected chi connectivity index (χ1v) is 7.51. The molecule has 0 aliphatic heterocycles.